The molecular weight excluding hydrogens is 380 g/mol. The molecule has 1 unspecified atom stereocenters. The Balaban J connectivity index is 1.38. The van der Waals surface area contributed by atoms with Crippen LogP contribution in [0.5, 0.6) is 5.75 Å². The number of piperazine rings is 1. The van der Waals surface area contributed by atoms with Crippen molar-refractivity contribution >= 4 is 28.3 Å². The SMILES string of the molecule is CC(OC(=O)c1cc2ccccc2cc1O)C(=O)N1CCN(c2ccccc2)CC1. The molecule has 6 nitrogen and oxygen atoms in total. The van der Waals surface area contributed by atoms with E-state index in [2.05, 4.69) is 17.0 Å². The number of carbonyl (C=O) groups excluding carboxylic acids is 2. The third-order valence-corrected chi connectivity index (χ3v) is 5.43. The summed E-state index contributed by atoms with van der Waals surface area (Å²) in [6.45, 7) is 4.15. The number of anilines is 1. The van der Waals surface area contributed by atoms with Gasteiger partial charge in [-0.25, -0.2) is 4.79 Å². The molecule has 1 heterocycles. The summed E-state index contributed by atoms with van der Waals surface area (Å²) >= 11 is 0. The van der Waals surface area contributed by atoms with Crippen LogP contribution in [0.2, 0.25) is 0 Å². The molecule has 0 radical (unpaired) electrons. The second-order valence-corrected chi connectivity index (χ2v) is 7.41. The maximum atomic E-state index is 12.8. The molecule has 1 N–H and O–H groups in total. The molecule has 1 amide bonds. The monoisotopic (exact) mass is 404 g/mol. The van der Waals surface area contributed by atoms with Gasteiger partial charge in [0, 0.05) is 31.9 Å². The number of fused-ring (bicyclic) bond motifs is 1. The van der Waals surface area contributed by atoms with Crippen LogP contribution in [0.4, 0.5) is 5.69 Å². The van der Waals surface area contributed by atoms with Gasteiger partial charge >= 0.3 is 5.97 Å². The Morgan fingerprint density at radius 3 is 2.17 bits per heavy atom. The van der Waals surface area contributed by atoms with Crippen LogP contribution in [0.25, 0.3) is 10.8 Å². The minimum atomic E-state index is -0.924. The van der Waals surface area contributed by atoms with Gasteiger partial charge < -0.3 is 19.6 Å². The van der Waals surface area contributed by atoms with Gasteiger partial charge in [0.15, 0.2) is 6.10 Å². The highest BCUT2D eigenvalue weighted by molar-refractivity contribution is 5.99. The fourth-order valence-electron chi connectivity index (χ4n) is 3.75. The number of ether oxygens (including phenoxy) is 1. The first-order valence-corrected chi connectivity index (χ1v) is 10.0. The Hall–Kier alpha value is -3.54. The van der Waals surface area contributed by atoms with Crippen molar-refractivity contribution in [3.63, 3.8) is 0 Å². The highest BCUT2D eigenvalue weighted by Crippen LogP contribution is 2.26. The molecule has 3 aromatic rings. The molecule has 1 aliphatic heterocycles. The molecule has 154 valence electrons. The first kappa shape index (κ1) is 19.8. The molecule has 3 aromatic carbocycles. The minimum Gasteiger partial charge on any atom is -0.507 e. The zero-order valence-electron chi connectivity index (χ0n) is 16.8. The molecule has 0 aliphatic carbocycles. The lowest BCUT2D eigenvalue weighted by Crippen LogP contribution is -2.51. The van der Waals surface area contributed by atoms with Crippen LogP contribution in [-0.4, -0.2) is 54.2 Å². The number of aromatic hydroxyl groups is 1. The molecule has 1 atom stereocenters. The number of phenolic OH excluding ortho intramolecular Hbond substituents is 1. The van der Waals surface area contributed by atoms with E-state index < -0.39 is 12.1 Å². The van der Waals surface area contributed by atoms with Gasteiger partial charge in [0.2, 0.25) is 0 Å². The van der Waals surface area contributed by atoms with E-state index in [1.165, 1.54) is 6.07 Å². The van der Waals surface area contributed by atoms with Crippen molar-refractivity contribution < 1.29 is 19.4 Å². The van der Waals surface area contributed by atoms with Gasteiger partial charge in [-0.05, 0) is 42.0 Å². The van der Waals surface area contributed by atoms with E-state index in [0.717, 1.165) is 29.5 Å². The quantitative estimate of drug-likeness (QED) is 0.675. The van der Waals surface area contributed by atoms with Crippen LogP contribution < -0.4 is 4.90 Å². The highest BCUT2D eigenvalue weighted by Gasteiger charge is 2.28. The summed E-state index contributed by atoms with van der Waals surface area (Å²) < 4.78 is 5.39. The number of nitrogens with zero attached hydrogens (tertiary/aromatic N) is 2. The molecule has 0 bridgehead atoms. The van der Waals surface area contributed by atoms with E-state index in [0.29, 0.717) is 13.1 Å². The maximum absolute atomic E-state index is 12.8. The predicted octanol–water partition coefficient (Wildman–Crippen LogP) is 3.44. The van der Waals surface area contributed by atoms with Crippen molar-refractivity contribution in [2.75, 3.05) is 31.1 Å². The Bertz CT molecular complexity index is 1060. The van der Waals surface area contributed by atoms with Crippen LogP contribution in [-0.2, 0) is 9.53 Å². The molecular formula is C24H24N2O4. The molecule has 1 aliphatic rings. The molecule has 30 heavy (non-hydrogen) atoms. The largest absolute Gasteiger partial charge is 0.507 e. The van der Waals surface area contributed by atoms with Crippen molar-refractivity contribution in [2.45, 2.75) is 13.0 Å². The number of rotatable bonds is 4. The Kier molecular flexibility index (Phi) is 5.57. The predicted molar refractivity (Wildman–Crippen MR) is 116 cm³/mol. The summed E-state index contributed by atoms with van der Waals surface area (Å²) in [5, 5.41) is 11.9. The number of esters is 1. The summed E-state index contributed by atoms with van der Waals surface area (Å²) in [6.07, 6.45) is -0.924. The van der Waals surface area contributed by atoms with E-state index >= 15 is 0 Å². The molecule has 4 rings (SSSR count). The van der Waals surface area contributed by atoms with Gasteiger partial charge in [-0.1, -0.05) is 42.5 Å². The molecule has 0 spiro atoms. The first-order valence-electron chi connectivity index (χ1n) is 10.0. The van der Waals surface area contributed by atoms with Crippen molar-refractivity contribution in [1.82, 2.24) is 4.90 Å². The average molecular weight is 404 g/mol. The third-order valence-electron chi connectivity index (χ3n) is 5.43. The molecule has 0 saturated carbocycles. The molecule has 1 fully saturated rings. The van der Waals surface area contributed by atoms with Crippen LogP contribution >= 0.6 is 0 Å². The fraction of sp³-hybridized carbons (Fsp3) is 0.250. The molecule has 1 saturated heterocycles. The maximum Gasteiger partial charge on any atom is 0.342 e. The summed E-state index contributed by atoms with van der Waals surface area (Å²) in [6, 6.07) is 20.6. The van der Waals surface area contributed by atoms with Crippen molar-refractivity contribution in [2.24, 2.45) is 0 Å². The lowest BCUT2D eigenvalue weighted by atomic mass is 10.1. The van der Waals surface area contributed by atoms with Gasteiger partial charge in [-0.3, -0.25) is 4.79 Å². The van der Waals surface area contributed by atoms with Gasteiger partial charge in [0.25, 0.3) is 5.91 Å². The van der Waals surface area contributed by atoms with Gasteiger partial charge in [-0.2, -0.15) is 0 Å². The molecule has 0 aromatic heterocycles. The zero-order valence-corrected chi connectivity index (χ0v) is 16.8. The number of amides is 1. The van der Waals surface area contributed by atoms with E-state index in [-0.39, 0.29) is 17.2 Å². The lowest BCUT2D eigenvalue weighted by Gasteiger charge is -2.37. The van der Waals surface area contributed by atoms with Crippen LogP contribution in [0.1, 0.15) is 17.3 Å². The van der Waals surface area contributed by atoms with Crippen LogP contribution in [0.15, 0.2) is 66.7 Å². The lowest BCUT2D eigenvalue weighted by molar-refractivity contribution is -0.140. The Morgan fingerprint density at radius 2 is 1.50 bits per heavy atom. The van der Waals surface area contributed by atoms with Crippen molar-refractivity contribution in [3.05, 3.63) is 72.3 Å². The topological polar surface area (TPSA) is 70.1 Å². The van der Waals surface area contributed by atoms with E-state index in [9.17, 15) is 14.7 Å². The normalized spacial score (nSPS) is 15.1. The third kappa shape index (κ3) is 4.08. The van der Waals surface area contributed by atoms with Crippen molar-refractivity contribution in [1.29, 1.82) is 0 Å². The number of carbonyl (C=O) groups is 2. The number of hydrogen-bond acceptors (Lipinski definition) is 5. The molecule has 6 heteroatoms. The van der Waals surface area contributed by atoms with E-state index in [4.69, 9.17) is 4.74 Å². The summed E-state index contributed by atoms with van der Waals surface area (Å²) in [5.41, 5.74) is 1.19. The highest BCUT2D eigenvalue weighted by atomic mass is 16.5. The smallest absolute Gasteiger partial charge is 0.342 e. The van der Waals surface area contributed by atoms with Gasteiger partial charge in [0.1, 0.15) is 11.3 Å². The Labute approximate surface area is 175 Å². The number of hydrogen-bond donors (Lipinski definition) is 1. The minimum absolute atomic E-state index is 0.0576. The second kappa shape index (κ2) is 8.45. The average Bonchev–Trinajstić information content (AvgIpc) is 2.78. The number of para-hydroxylation sites is 1. The summed E-state index contributed by atoms with van der Waals surface area (Å²) in [7, 11) is 0. The second-order valence-electron chi connectivity index (χ2n) is 7.41. The van der Waals surface area contributed by atoms with E-state index in [1.807, 2.05) is 42.5 Å². The number of phenols is 1. The van der Waals surface area contributed by atoms with Crippen LogP contribution in [0, 0.1) is 0 Å². The zero-order chi connectivity index (χ0) is 21.1. The standard InChI is InChI=1S/C24H24N2O4/c1-17(23(28)26-13-11-25(12-14-26)20-9-3-2-4-10-20)30-24(29)21-15-18-7-5-6-8-19(18)16-22(21)27/h2-10,15-17,27H,11-14H2,1H3. The number of benzene rings is 3. The van der Waals surface area contributed by atoms with E-state index in [1.54, 1.807) is 17.9 Å². The Morgan fingerprint density at radius 1 is 0.900 bits per heavy atom. The first-order chi connectivity index (χ1) is 14.5. The summed E-state index contributed by atoms with van der Waals surface area (Å²) in [4.78, 5) is 29.3. The van der Waals surface area contributed by atoms with Gasteiger partial charge in [-0.15, -0.1) is 0 Å². The van der Waals surface area contributed by atoms with Crippen molar-refractivity contribution in [3.8, 4) is 5.75 Å². The van der Waals surface area contributed by atoms with Gasteiger partial charge in [0.05, 0.1) is 0 Å². The summed E-state index contributed by atoms with van der Waals surface area (Å²) in [5.74, 6) is -1.09. The fourth-order valence-corrected chi connectivity index (χ4v) is 3.75. The van der Waals surface area contributed by atoms with Crippen LogP contribution in [0.3, 0.4) is 0 Å².